The van der Waals surface area contributed by atoms with Crippen LogP contribution in [0.5, 0.6) is 0 Å². The van der Waals surface area contributed by atoms with Crippen LogP contribution in [-0.4, -0.2) is 22.8 Å². The number of amides is 1. The van der Waals surface area contributed by atoms with E-state index in [0.717, 1.165) is 5.56 Å². The van der Waals surface area contributed by atoms with Crippen LogP contribution < -0.4 is 0 Å². The summed E-state index contributed by atoms with van der Waals surface area (Å²) in [4.78, 5) is 26.9. The number of hydrogen-bond acceptors (Lipinski definition) is 3. The first-order valence-corrected chi connectivity index (χ1v) is 7.72. The molecular weight excluding hydrogens is 290 g/mol. The Morgan fingerprint density at radius 2 is 1.57 bits per heavy atom. The molecule has 0 bridgehead atoms. The van der Waals surface area contributed by atoms with E-state index < -0.39 is 12.3 Å². The second kappa shape index (κ2) is 6.24. The van der Waals surface area contributed by atoms with Crippen molar-refractivity contribution >= 4 is 11.9 Å². The molecule has 1 amide bonds. The molecule has 0 radical (unpaired) electrons. The lowest BCUT2D eigenvalue weighted by Gasteiger charge is -2.28. The Balaban J connectivity index is 2.02. The highest BCUT2D eigenvalue weighted by Gasteiger charge is 2.47. The van der Waals surface area contributed by atoms with Crippen molar-refractivity contribution in [1.82, 2.24) is 4.90 Å². The van der Waals surface area contributed by atoms with Crippen LogP contribution in [-0.2, 0) is 9.53 Å². The van der Waals surface area contributed by atoms with Gasteiger partial charge < -0.3 is 4.74 Å². The zero-order valence-electron chi connectivity index (χ0n) is 13.2. The Morgan fingerprint density at radius 3 is 2.13 bits per heavy atom. The van der Waals surface area contributed by atoms with Crippen LogP contribution in [0.25, 0.3) is 0 Å². The maximum absolute atomic E-state index is 13.0. The van der Waals surface area contributed by atoms with E-state index >= 15 is 0 Å². The minimum absolute atomic E-state index is 0.0242. The van der Waals surface area contributed by atoms with Crippen LogP contribution in [0.15, 0.2) is 60.7 Å². The molecule has 4 nitrogen and oxygen atoms in total. The third-order valence-corrected chi connectivity index (χ3v) is 3.99. The van der Waals surface area contributed by atoms with Crippen LogP contribution in [0.1, 0.15) is 36.0 Å². The molecule has 2 aromatic carbocycles. The van der Waals surface area contributed by atoms with Crippen molar-refractivity contribution in [2.75, 3.05) is 0 Å². The van der Waals surface area contributed by atoms with Crippen molar-refractivity contribution in [1.29, 1.82) is 0 Å². The number of nitrogens with zero attached hydrogens (tertiary/aromatic N) is 1. The summed E-state index contributed by atoms with van der Waals surface area (Å²) in [6.07, 6.45) is -0.677. The summed E-state index contributed by atoms with van der Waals surface area (Å²) < 4.78 is 5.54. The fraction of sp³-hybridized carbons (Fsp3) is 0.263. The lowest BCUT2D eigenvalue weighted by molar-refractivity contribution is -0.143. The number of ether oxygens (including phenoxy) is 1. The molecule has 0 saturated carbocycles. The zero-order chi connectivity index (χ0) is 16.4. The van der Waals surface area contributed by atoms with E-state index in [1.807, 2.05) is 62.4 Å². The van der Waals surface area contributed by atoms with Crippen LogP contribution in [0.2, 0.25) is 0 Å². The van der Waals surface area contributed by atoms with Crippen LogP contribution in [0, 0.1) is 5.92 Å². The average molecular weight is 309 g/mol. The van der Waals surface area contributed by atoms with Gasteiger partial charge in [0.1, 0.15) is 6.04 Å². The molecule has 23 heavy (non-hydrogen) atoms. The summed E-state index contributed by atoms with van der Waals surface area (Å²) in [5.74, 6) is -0.564. The van der Waals surface area contributed by atoms with Gasteiger partial charge in [-0.1, -0.05) is 62.4 Å². The number of benzene rings is 2. The fourth-order valence-corrected chi connectivity index (χ4v) is 2.90. The van der Waals surface area contributed by atoms with Crippen molar-refractivity contribution in [2.24, 2.45) is 5.92 Å². The Morgan fingerprint density at radius 1 is 1.00 bits per heavy atom. The van der Waals surface area contributed by atoms with Gasteiger partial charge in [-0.25, -0.2) is 4.79 Å². The van der Waals surface area contributed by atoms with Crippen molar-refractivity contribution < 1.29 is 14.3 Å². The maximum Gasteiger partial charge on any atom is 0.331 e. The van der Waals surface area contributed by atoms with E-state index in [-0.39, 0.29) is 17.8 Å². The summed E-state index contributed by atoms with van der Waals surface area (Å²) >= 11 is 0. The Hall–Kier alpha value is -2.62. The number of cyclic esters (lactones) is 1. The number of esters is 1. The fourth-order valence-electron chi connectivity index (χ4n) is 2.90. The minimum Gasteiger partial charge on any atom is -0.435 e. The van der Waals surface area contributed by atoms with E-state index in [4.69, 9.17) is 4.74 Å². The summed E-state index contributed by atoms with van der Waals surface area (Å²) in [7, 11) is 0. The molecule has 1 aliphatic heterocycles. The van der Waals surface area contributed by atoms with Gasteiger partial charge in [-0.05, 0) is 18.1 Å². The number of rotatable bonds is 3. The second-order valence-electron chi connectivity index (χ2n) is 5.97. The average Bonchev–Trinajstić information content (AvgIpc) is 2.93. The smallest absolute Gasteiger partial charge is 0.331 e. The van der Waals surface area contributed by atoms with Gasteiger partial charge in [-0.3, -0.25) is 9.69 Å². The molecule has 1 heterocycles. The van der Waals surface area contributed by atoms with Gasteiger partial charge >= 0.3 is 5.97 Å². The molecule has 3 rings (SSSR count). The molecule has 0 N–H and O–H groups in total. The first-order valence-electron chi connectivity index (χ1n) is 7.72. The Kier molecular flexibility index (Phi) is 4.15. The van der Waals surface area contributed by atoms with Gasteiger partial charge in [0.25, 0.3) is 5.91 Å². The number of hydrogen-bond donors (Lipinski definition) is 0. The molecular formula is C19H19NO3. The molecule has 118 valence electrons. The number of carbonyl (C=O) groups is 2. The first kappa shape index (κ1) is 15.3. The van der Waals surface area contributed by atoms with Gasteiger partial charge in [-0.15, -0.1) is 0 Å². The van der Waals surface area contributed by atoms with Crippen LogP contribution >= 0.6 is 0 Å². The molecule has 0 aliphatic carbocycles. The van der Waals surface area contributed by atoms with Gasteiger partial charge in [0.2, 0.25) is 6.23 Å². The maximum atomic E-state index is 13.0. The van der Waals surface area contributed by atoms with Crippen molar-refractivity contribution in [3.63, 3.8) is 0 Å². The molecule has 2 unspecified atom stereocenters. The summed E-state index contributed by atoms with van der Waals surface area (Å²) in [5.41, 5.74) is 1.35. The van der Waals surface area contributed by atoms with Crippen molar-refractivity contribution in [2.45, 2.75) is 26.1 Å². The lowest BCUT2D eigenvalue weighted by atomic mass is 10.0. The van der Waals surface area contributed by atoms with Gasteiger partial charge in [-0.2, -0.15) is 0 Å². The quantitative estimate of drug-likeness (QED) is 0.816. The SMILES string of the molecule is CC(C)C1C(=O)OC(c2ccccc2)N1C(=O)c1ccccc1. The third-order valence-electron chi connectivity index (χ3n) is 3.99. The molecule has 1 saturated heterocycles. The van der Waals surface area contributed by atoms with Crippen LogP contribution in [0.3, 0.4) is 0 Å². The Labute approximate surface area is 135 Å². The molecule has 2 atom stereocenters. The zero-order valence-corrected chi connectivity index (χ0v) is 13.2. The summed E-state index contributed by atoms with van der Waals surface area (Å²) in [6, 6.07) is 17.8. The van der Waals surface area contributed by atoms with E-state index in [1.165, 1.54) is 0 Å². The van der Waals surface area contributed by atoms with Gasteiger partial charge in [0.05, 0.1) is 0 Å². The molecule has 0 spiro atoms. The standard InChI is InChI=1S/C19H19NO3/c1-13(2)16-19(22)23-18(15-11-7-4-8-12-15)20(16)17(21)14-9-5-3-6-10-14/h3-13,16,18H,1-2H3. The first-order chi connectivity index (χ1) is 11.1. The van der Waals surface area contributed by atoms with Crippen molar-refractivity contribution in [3.8, 4) is 0 Å². The predicted octanol–water partition coefficient (Wildman–Crippen LogP) is 3.41. The summed E-state index contributed by atoms with van der Waals surface area (Å²) in [5, 5.41) is 0. The molecule has 4 heteroatoms. The normalized spacial score (nSPS) is 20.7. The van der Waals surface area contributed by atoms with E-state index in [9.17, 15) is 9.59 Å². The molecule has 2 aromatic rings. The van der Waals surface area contributed by atoms with Crippen molar-refractivity contribution in [3.05, 3.63) is 71.8 Å². The second-order valence-corrected chi connectivity index (χ2v) is 5.97. The van der Waals surface area contributed by atoms with Gasteiger partial charge in [0.15, 0.2) is 0 Å². The predicted molar refractivity (Wildman–Crippen MR) is 86.5 cm³/mol. The third kappa shape index (κ3) is 2.84. The monoisotopic (exact) mass is 309 g/mol. The highest BCUT2D eigenvalue weighted by atomic mass is 16.6. The van der Waals surface area contributed by atoms with Gasteiger partial charge in [0, 0.05) is 11.1 Å². The van der Waals surface area contributed by atoms with E-state index in [1.54, 1.807) is 17.0 Å². The molecule has 1 fully saturated rings. The highest BCUT2D eigenvalue weighted by Crippen LogP contribution is 2.35. The largest absolute Gasteiger partial charge is 0.435 e. The van der Waals surface area contributed by atoms with E-state index in [2.05, 4.69) is 0 Å². The lowest BCUT2D eigenvalue weighted by Crippen LogP contribution is -2.42. The summed E-state index contributed by atoms with van der Waals surface area (Å²) in [6.45, 7) is 3.84. The van der Waals surface area contributed by atoms with E-state index in [0.29, 0.717) is 5.56 Å². The Bertz CT molecular complexity index is 697. The molecule has 1 aliphatic rings. The molecule has 0 aromatic heterocycles. The number of carbonyl (C=O) groups excluding carboxylic acids is 2. The topological polar surface area (TPSA) is 46.6 Å². The highest BCUT2D eigenvalue weighted by molar-refractivity contribution is 5.98. The minimum atomic E-state index is -0.677. The van der Waals surface area contributed by atoms with Crippen LogP contribution in [0.4, 0.5) is 0 Å².